The molecule has 0 radical (unpaired) electrons. The highest BCUT2D eigenvalue weighted by atomic mass is 35.5. The fourth-order valence-corrected chi connectivity index (χ4v) is 3.75. The van der Waals surface area contributed by atoms with Gasteiger partial charge in [0.05, 0.1) is 0 Å². The van der Waals surface area contributed by atoms with E-state index in [9.17, 15) is 4.39 Å². The molecule has 2 aliphatic rings. The Balaban J connectivity index is 1.89. The maximum absolute atomic E-state index is 13.8. The van der Waals surface area contributed by atoms with E-state index in [1.54, 1.807) is 6.07 Å². The quantitative estimate of drug-likeness (QED) is 0.929. The summed E-state index contributed by atoms with van der Waals surface area (Å²) in [6.07, 6.45) is 2.06. The molecule has 0 aromatic heterocycles. The van der Waals surface area contributed by atoms with E-state index >= 15 is 0 Å². The normalized spacial score (nSPS) is 23.1. The monoisotopic (exact) mass is 312 g/mol. The third kappa shape index (κ3) is 3.75. The summed E-state index contributed by atoms with van der Waals surface area (Å²) in [5.41, 5.74) is 1.01. The molecule has 2 saturated heterocycles. The molecule has 2 heterocycles. The summed E-state index contributed by atoms with van der Waals surface area (Å²) in [4.78, 5) is 2.47. The van der Waals surface area contributed by atoms with Gasteiger partial charge in [-0.1, -0.05) is 11.6 Å². The maximum Gasteiger partial charge on any atom is 0.125 e. The van der Waals surface area contributed by atoms with Crippen LogP contribution in [-0.4, -0.2) is 44.3 Å². The number of ether oxygens (including phenoxy) is 1. The minimum atomic E-state index is -0.246. The van der Waals surface area contributed by atoms with Crippen molar-refractivity contribution in [3.63, 3.8) is 0 Å². The molecule has 1 atom stereocenters. The van der Waals surface area contributed by atoms with Gasteiger partial charge in [-0.15, -0.1) is 0 Å². The van der Waals surface area contributed by atoms with E-state index in [0.29, 0.717) is 10.9 Å². The van der Waals surface area contributed by atoms with E-state index in [1.165, 1.54) is 6.07 Å². The summed E-state index contributed by atoms with van der Waals surface area (Å²) in [7, 11) is 0. The van der Waals surface area contributed by atoms with E-state index < -0.39 is 0 Å². The second-order valence-corrected chi connectivity index (χ2v) is 6.32. The first-order valence-electron chi connectivity index (χ1n) is 7.72. The highest BCUT2D eigenvalue weighted by molar-refractivity contribution is 6.30. The Kier molecular flexibility index (Phi) is 5.11. The van der Waals surface area contributed by atoms with Crippen molar-refractivity contribution in [2.24, 2.45) is 5.92 Å². The second-order valence-electron chi connectivity index (χ2n) is 5.88. The van der Waals surface area contributed by atoms with Crippen LogP contribution < -0.4 is 5.32 Å². The van der Waals surface area contributed by atoms with Crippen LogP contribution in [0, 0.1) is 11.7 Å². The van der Waals surface area contributed by atoms with Gasteiger partial charge in [-0.25, -0.2) is 4.39 Å². The number of benzene rings is 1. The van der Waals surface area contributed by atoms with Crippen LogP contribution in [0.1, 0.15) is 24.4 Å². The average Bonchev–Trinajstić information content (AvgIpc) is 2.49. The molecule has 0 saturated carbocycles. The molecule has 21 heavy (non-hydrogen) atoms. The molecule has 2 aliphatic heterocycles. The third-order valence-corrected chi connectivity index (χ3v) is 4.70. The Hall–Kier alpha value is -0.680. The summed E-state index contributed by atoms with van der Waals surface area (Å²) in [6, 6.07) is 5.19. The van der Waals surface area contributed by atoms with Crippen LogP contribution in [0.3, 0.4) is 0 Å². The zero-order valence-corrected chi connectivity index (χ0v) is 12.9. The molecule has 0 unspecified atom stereocenters. The SMILES string of the molecule is Fc1cc(Cl)cc([C@@H](C2CCOCC2)N2CCNCC2)c1. The fraction of sp³-hybridized carbons (Fsp3) is 0.625. The van der Waals surface area contributed by atoms with Crippen LogP contribution >= 0.6 is 11.6 Å². The van der Waals surface area contributed by atoms with Gasteiger partial charge in [0.2, 0.25) is 0 Å². The molecule has 0 amide bonds. The summed E-state index contributed by atoms with van der Waals surface area (Å²) in [5.74, 6) is 0.263. The van der Waals surface area contributed by atoms with E-state index in [0.717, 1.165) is 57.8 Å². The van der Waals surface area contributed by atoms with Gasteiger partial charge in [0, 0.05) is 50.5 Å². The highest BCUT2D eigenvalue weighted by Gasteiger charge is 2.31. The van der Waals surface area contributed by atoms with Crippen LogP contribution in [0.4, 0.5) is 4.39 Å². The lowest BCUT2D eigenvalue weighted by Gasteiger charge is -2.41. The number of nitrogens with zero attached hydrogens (tertiary/aromatic N) is 1. The van der Waals surface area contributed by atoms with Crippen LogP contribution in [0.15, 0.2) is 18.2 Å². The molecule has 3 nitrogen and oxygen atoms in total. The molecule has 1 aromatic rings. The summed E-state index contributed by atoms with van der Waals surface area (Å²) < 4.78 is 19.3. The fourth-order valence-electron chi connectivity index (χ4n) is 3.52. The minimum absolute atomic E-state index is 0.240. The summed E-state index contributed by atoms with van der Waals surface area (Å²) in [6.45, 7) is 5.57. The zero-order chi connectivity index (χ0) is 14.7. The van der Waals surface area contributed by atoms with Gasteiger partial charge in [0.15, 0.2) is 0 Å². The van der Waals surface area contributed by atoms with Gasteiger partial charge >= 0.3 is 0 Å². The molecular weight excluding hydrogens is 291 g/mol. The molecule has 2 fully saturated rings. The van der Waals surface area contributed by atoms with Crippen molar-refractivity contribution in [3.8, 4) is 0 Å². The van der Waals surface area contributed by atoms with E-state index in [4.69, 9.17) is 16.3 Å². The predicted octanol–water partition coefficient (Wildman–Crippen LogP) is 2.85. The molecule has 116 valence electrons. The van der Waals surface area contributed by atoms with Crippen molar-refractivity contribution >= 4 is 11.6 Å². The zero-order valence-electron chi connectivity index (χ0n) is 12.2. The first-order chi connectivity index (χ1) is 10.2. The van der Waals surface area contributed by atoms with Gasteiger partial charge in [-0.2, -0.15) is 0 Å². The molecule has 1 aromatic carbocycles. The van der Waals surface area contributed by atoms with Crippen LogP contribution in [0.2, 0.25) is 5.02 Å². The largest absolute Gasteiger partial charge is 0.381 e. The molecule has 5 heteroatoms. The Labute approximate surface area is 130 Å². The third-order valence-electron chi connectivity index (χ3n) is 4.48. The molecule has 0 bridgehead atoms. The lowest BCUT2D eigenvalue weighted by molar-refractivity contribution is 0.0212. The smallest absolute Gasteiger partial charge is 0.125 e. The lowest BCUT2D eigenvalue weighted by Crippen LogP contribution is -2.47. The standard InChI is InChI=1S/C16H22ClFN2O/c17-14-9-13(10-15(18)11-14)16(12-1-7-21-8-2-12)20-5-3-19-4-6-20/h9-12,16,19H,1-8H2/t16-/m1/s1. The molecule has 0 aliphatic carbocycles. The maximum atomic E-state index is 13.8. The molecule has 1 N–H and O–H groups in total. The summed E-state index contributed by atoms with van der Waals surface area (Å²) in [5, 5.41) is 3.86. The second kappa shape index (κ2) is 7.05. The molecule has 0 spiro atoms. The minimum Gasteiger partial charge on any atom is -0.381 e. The molecule has 3 rings (SSSR count). The molecular formula is C16H22ClFN2O. The van der Waals surface area contributed by atoms with E-state index in [-0.39, 0.29) is 11.9 Å². The lowest BCUT2D eigenvalue weighted by atomic mass is 9.85. The average molecular weight is 313 g/mol. The number of rotatable bonds is 3. The summed E-state index contributed by atoms with van der Waals surface area (Å²) >= 11 is 6.08. The van der Waals surface area contributed by atoms with Crippen LogP contribution in [-0.2, 0) is 4.74 Å². The Morgan fingerprint density at radius 1 is 1.19 bits per heavy atom. The number of piperazine rings is 1. The van der Waals surface area contributed by atoms with Crippen molar-refractivity contribution in [3.05, 3.63) is 34.6 Å². The Bertz CT molecular complexity index is 435. The number of hydrogen-bond acceptors (Lipinski definition) is 3. The van der Waals surface area contributed by atoms with E-state index in [1.807, 2.05) is 6.07 Å². The van der Waals surface area contributed by atoms with Crippen LogP contribution in [0.5, 0.6) is 0 Å². The van der Waals surface area contributed by atoms with Gasteiger partial charge in [0.25, 0.3) is 0 Å². The first kappa shape index (κ1) is 15.2. The number of hydrogen-bond donors (Lipinski definition) is 1. The van der Waals surface area contributed by atoms with Gasteiger partial charge in [-0.05, 0) is 42.5 Å². The van der Waals surface area contributed by atoms with Crippen molar-refractivity contribution < 1.29 is 9.13 Å². The highest BCUT2D eigenvalue weighted by Crippen LogP contribution is 2.36. The van der Waals surface area contributed by atoms with E-state index in [2.05, 4.69) is 10.2 Å². The Morgan fingerprint density at radius 2 is 1.90 bits per heavy atom. The van der Waals surface area contributed by atoms with Crippen molar-refractivity contribution in [2.75, 3.05) is 39.4 Å². The van der Waals surface area contributed by atoms with Gasteiger partial charge in [0.1, 0.15) is 5.82 Å². The number of nitrogens with one attached hydrogen (secondary N) is 1. The van der Waals surface area contributed by atoms with Crippen molar-refractivity contribution in [1.29, 1.82) is 0 Å². The van der Waals surface area contributed by atoms with Gasteiger partial charge in [-0.3, -0.25) is 4.90 Å². The van der Waals surface area contributed by atoms with Crippen LogP contribution in [0.25, 0.3) is 0 Å². The van der Waals surface area contributed by atoms with Crippen molar-refractivity contribution in [2.45, 2.75) is 18.9 Å². The topological polar surface area (TPSA) is 24.5 Å². The first-order valence-corrected chi connectivity index (χ1v) is 8.10. The Morgan fingerprint density at radius 3 is 2.57 bits per heavy atom. The van der Waals surface area contributed by atoms with Gasteiger partial charge < -0.3 is 10.1 Å². The van der Waals surface area contributed by atoms with Crippen molar-refractivity contribution in [1.82, 2.24) is 10.2 Å². The number of halogens is 2. The predicted molar refractivity (Wildman–Crippen MR) is 82.1 cm³/mol.